The van der Waals surface area contributed by atoms with Crippen molar-refractivity contribution in [3.8, 4) is 11.3 Å². The lowest BCUT2D eigenvalue weighted by atomic mass is 10.1. The largest absolute Gasteiger partial charge is 0.384 e. The minimum absolute atomic E-state index is 0.246. The summed E-state index contributed by atoms with van der Waals surface area (Å²) in [5.41, 5.74) is 7.48. The molecule has 1 heterocycles. The van der Waals surface area contributed by atoms with Crippen molar-refractivity contribution in [3.05, 3.63) is 36.1 Å². The Balaban J connectivity index is 2.33. The first kappa shape index (κ1) is 10.7. The molecule has 1 aromatic carbocycles. The van der Waals surface area contributed by atoms with Gasteiger partial charge >= 0.3 is 0 Å². The summed E-state index contributed by atoms with van der Waals surface area (Å²) in [5, 5.41) is 4.37. The van der Waals surface area contributed by atoms with Crippen LogP contribution in [0.15, 0.2) is 30.3 Å². The maximum atomic E-state index is 12.8. The van der Waals surface area contributed by atoms with Gasteiger partial charge in [-0.05, 0) is 30.7 Å². The SMILES string of the molecule is CCCn1nc(-c2ccc(F)cc2)cc1N. The average Bonchev–Trinajstić information content (AvgIpc) is 2.62. The monoisotopic (exact) mass is 219 g/mol. The second kappa shape index (κ2) is 4.35. The standard InChI is InChI=1S/C12H14FN3/c1-2-7-16-12(14)8-11(15-16)9-3-5-10(13)6-4-9/h3-6,8H,2,7,14H2,1H3. The number of nitrogens with two attached hydrogens (primary N) is 1. The van der Waals surface area contributed by atoms with Crippen LogP contribution >= 0.6 is 0 Å². The van der Waals surface area contributed by atoms with Crippen molar-refractivity contribution in [3.63, 3.8) is 0 Å². The predicted molar refractivity (Wildman–Crippen MR) is 62.3 cm³/mol. The van der Waals surface area contributed by atoms with Crippen molar-refractivity contribution in [2.45, 2.75) is 19.9 Å². The van der Waals surface area contributed by atoms with Crippen LogP contribution in [0.25, 0.3) is 11.3 Å². The molecule has 0 fully saturated rings. The Morgan fingerprint density at radius 1 is 1.31 bits per heavy atom. The number of halogens is 1. The molecular weight excluding hydrogens is 205 g/mol. The number of aryl methyl sites for hydroxylation is 1. The van der Waals surface area contributed by atoms with E-state index in [0.29, 0.717) is 5.82 Å². The van der Waals surface area contributed by atoms with Crippen molar-refractivity contribution in [2.75, 3.05) is 5.73 Å². The lowest BCUT2D eigenvalue weighted by Crippen LogP contribution is -2.03. The number of rotatable bonds is 3. The Bertz CT molecular complexity index is 474. The molecular formula is C12H14FN3. The Kier molecular flexibility index (Phi) is 2.90. The third kappa shape index (κ3) is 2.05. The maximum Gasteiger partial charge on any atom is 0.123 e. The molecule has 4 heteroatoms. The summed E-state index contributed by atoms with van der Waals surface area (Å²) in [4.78, 5) is 0. The molecule has 0 unspecified atom stereocenters. The molecule has 0 aliphatic carbocycles. The number of aromatic nitrogens is 2. The lowest BCUT2D eigenvalue weighted by Gasteiger charge is -1.99. The van der Waals surface area contributed by atoms with E-state index in [1.807, 2.05) is 6.07 Å². The molecule has 16 heavy (non-hydrogen) atoms. The minimum atomic E-state index is -0.246. The van der Waals surface area contributed by atoms with Gasteiger partial charge in [0.05, 0.1) is 5.69 Å². The maximum absolute atomic E-state index is 12.8. The second-order valence-electron chi connectivity index (χ2n) is 3.68. The summed E-state index contributed by atoms with van der Waals surface area (Å²) in [6.45, 7) is 2.87. The van der Waals surface area contributed by atoms with Gasteiger partial charge in [-0.15, -0.1) is 0 Å². The fourth-order valence-electron chi connectivity index (χ4n) is 1.58. The first-order chi connectivity index (χ1) is 7.70. The van der Waals surface area contributed by atoms with Crippen molar-refractivity contribution in [1.82, 2.24) is 9.78 Å². The van der Waals surface area contributed by atoms with E-state index in [4.69, 9.17) is 5.73 Å². The second-order valence-corrected chi connectivity index (χ2v) is 3.68. The van der Waals surface area contributed by atoms with Crippen LogP contribution < -0.4 is 5.73 Å². The zero-order valence-corrected chi connectivity index (χ0v) is 9.15. The number of nitrogen functional groups attached to an aromatic ring is 1. The third-order valence-electron chi connectivity index (χ3n) is 2.39. The minimum Gasteiger partial charge on any atom is -0.384 e. The molecule has 0 saturated carbocycles. The van der Waals surface area contributed by atoms with E-state index in [0.717, 1.165) is 24.2 Å². The Labute approximate surface area is 93.7 Å². The smallest absolute Gasteiger partial charge is 0.123 e. The van der Waals surface area contributed by atoms with Gasteiger partial charge in [-0.25, -0.2) is 9.07 Å². The van der Waals surface area contributed by atoms with Crippen molar-refractivity contribution >= 4 is 5.82 Å². The topological polar surface area (TPSA) is 43.8 Å². The fourth-order valence-corrected chi connectivity index (χ4v) is 1.58. The highest BCUT2D eigenvalue weighted by Crippen LogP contribution is 2.20. The van der Waals surface area contributed by atoms with E-state index in [1.165, 1.54) is 12.1 Å². The summed E-state index contributed by atoms with van der Waals surface area (Å²) in [6.07, 6.45) is 0.981. The van der Waals surface area contributed by atoms with E-state index in [2.05, 4.69) is 12.0 Å². The highest BCUT2D eigenvalue weighted by atomic mass is 19.1. The Hall–Kier alpha value is -1.84. The summed E-state index contributed by atoms with van der Waals surface area (Å²) in [7, 11) is 0. The zero-order chi connectivity index (χ0) is 11.5. The van der Waals surface area contributed by atoms with Gasteiger partial charge in [-0.2, -0.15) is 5.10 Å². The number of nitrogens with zero attached hydrogens (tertiary/aromatic N) is 2. The van der Waals surface area contributed by atoms with Crippen LogP contribution in [0.4, 0.5) is 10.2 Å². The van der Waals surface area contributed by atoms with E-state index in [9.17, 15) is 4.39 Å². The van der Waals surface area contributed by atoms with Crippen LogP contribution in [0, 0.1) is 5.82 Å². The first-order valence-electron chi connectivity index (χ1n) is 5.30. The Morgan fingerprint density at radius 2 is 2.00 bits per heavy atom. The molecule has 1 aromatic heterocycles. The van der Waals surface area contributed by atoms with E-state index < -0.39 is 0 Å². The van der Waals surface area contributed by atoms with E-state index >= 15 is 0 Å². The number of benzene rings is 1. The van der Waals surface area contributed by atoms with Gasteiger partial charge in [0.15, 0.2) is 0 Å². The molecule has 3 nitrogen and oxygen atoms in total. The van der Waals surface area contributed by atoms with Crippen LogP contribution in [-0.4, -0.2) is 9.78 Å². The molecule has 0 atom stereocenters. The highest BCUT2D eigenvalue weighted by Gasteiger charge is 2.06. The summed E-state index contributed by atoms with van der Waals surface area (Å²) in [5.74, 6) is 0.394. The van der Waals surface area contributed by atoms with E-state index in [-0.39, 0.29) is 5.82 Å². The van der Waals surface area contributed by atoms with Gasteiger partial charge in [0.25, 0.3) is 0 Å². The normalized spacial score (nSPS) is 10.6. The van der Waals surface area contributed by atoms with Crippen LogP contribution in [0.1, 0.15) is 13.3 Å². The molecule has 0 saturated heterocycles. The number of anilines is 1. The van der Waals surface area contributed by atoms with Crippen LogP contribution in [0.3, 0.4) is 0 Å². The fraction of sp³-hybridized carbons (Fsp3) is 0.250. The van der Waals surface area contributed by atoms with Gasteiger partial charge in [-0.3, -0.25) is 0 Å². The summed E-state index contributed by atoms with van der Waals surface area (Å²) < 4.78 is 14.5. The zero-order valence-electron chi connectivity index (χ0n) is 9.15. The van der Waals surface area contributed by atoms with Crippen molar-refractivity contribution in [1.29, 1.82) is 0 Å². The first-order valence-corrected chi connectivity index (χ1v) is 5.30. The van der Waals surface area contributed by atoms with E-state index in [1.54, 1.807) is 16.8 Å². The molecule has 0 radical (unpaired) electrons. The van der Waals surface area contributed by atoms with Crippen LogP contribution in [-0.2, 0) is 6.54 Å². The van der Waals surface area contributed by atoms with Crippen molar-refractivity contribution in [2.24, 2.45) is 0 Å². The molecule has 0 bridgehead atoms. The molecule has 0 aliphatic rings. The Morgan fingerprint density at radius 3 is 2.62 bits per heavy atom. The van der Waals surface area contributed by atoms with Crippen molar-refractivity contribution < 1.29 is 4.39 Å². The molecule has 2 aromatic rings. The van der Waals surface area contributed by atoms with Gasteiger partial charge in [0.2, 0.25) is 0 Å². The van der Waals surface area contributed by atoms with Gasteiger partial charge in [0.1, 0.15) is 11.6 Å². The molecule has 0 aliphatic heterocycles. The van der Waals surface area contributed by atoms with Gasteiger partial charge < -0.3 is 5.73 Å². The quantitative estimate of drug-likeness (QED) is 0.862. The summed E-state index contributed by atoms with van der Waals surface area (Å²) >= 11 is 0. The molecule has 0 amide bonds. The molecule has 2 rings (SSSR count). The highest BCUT2D eigenvalue weighted by molar-refractivity contribution is 5.62. The van der Waals surface area contributed by atoms with Crippen LogP contribution in [0.2, 0.25) is 0 Å². The molecule has 0 spiro atoms. The number of hydrogen-bond acceptors (Lipinski definition) is 2. The lowest BCUT2D eigenvalue weighted by molar-refractivity contribution is 0.613. The molecule has 2 N–H and O–H groups in total. The van der Waals surface area contributed by atoms with Gasteiger partial charge in [0, 0.05) is 18.2 Å². The average molecular weight is 219 g/mol. The third-order valence-corrected chi connectivity index (χ3v) is 2.39. The molecule has 84 valence electrons. The summed E-state index contributed by atoms with van der Waals surface area (Å²) in [6, 6.07) is 8.05. The number of hydrogen-bond donors (Lipinski definition) is 1. The van der Waals surface area contributed by atoms with Gasteiger partial charge in [-0.1, -0.05) is 6.92 Å². The van der Waals surface area contributed by atoms with Crippen LogP contribution in [0.5, 0.6) is 0 Å². The predicted octanol–water partition coefficient (Wildman–Crippen LogP) is 2.68.